The minimum absolute atomic E-state index is 0.157. The average Bonchev–Trinajstić information content (AvgIpc) is 2.67. The minimum atomic E-state index is -0.987. The van der Waals surface area contributed by atoms with E-state index in [4.69, 9.17) is 9.63 Å². The van der Waals surface area contributed by atoms with E-state index in [0.717, 1.165) is 19.5 Å². The van der Waals surface area contributed by atoms with Gasteiger partial charge in [0.05, 0.1) is 12.7 Å². The van der Waals surface area contributed by atoms with E-state index in [0.29, 0.717) is 12.3 Å². The topological polar surface area (TPSA) is 66.6 Å². The summed E-state index contributed by atoms with van der Waals surface area (Å²) in [6.45, 7) is 2.27. The van der Waals surface area contributed by atoms with E-state index in [2.05, 4.69) is 22.2 Å². The van der Waals surface area contributed by atoms with Gasteiger partial charge in [-0.3, -0.25) is 4.90 Å². The Bertz CT molecular complexity index is 384. The molecular formula is C10H12N2O3. The van der Waals surface area contributed by atoms with E-state index in [-0.39, 0.29) is 5.56 Å². The van der Waals surface area contributed by atoms with E-state index >= 15 is 0 Å². The van der Waals surface area contributed by atoms with Crippen molar-refractivity contribution in [2.24, 2.45) is 0 Å². The highest BCUT2D eigenvalue weighted by Crippen LogP contribution is 2.13. The number of carboxylic acid groups (broad SMARTS) is 1. The lowest BCUT2D eigenvalue weighted by molar-refractivity contribution is 0.0692. The van der Waals surface area contributed by atoms with Crippen LogP contribution >= 0.6 is 0 Å². The van der Waals surface area contributed by atoms with Crippen molar-refractivity contribution >= 4 is 5.97 Å². The van der Waals surface area contributed by atoms with Crippen molar-refractivity contribution in [3.05, 3.63) is 29.7 Å². The van der Waals surface area contributed by atoms with E-state index in [9.17, 15) is 4.79 Å². The van der Waals surface area contributed by atoms with Crippen molar-refractivity contribution in [1.29, 1.82) is 0 Å². The molecule has 2 heterocycles. The first kappa shape index (κ1) is 9.92. The summed E-state index contributed by atoms with van der Waals surface area (Å²) in [6.07, 6.45) is 6.43. The molecule has 0 aliphatic carbocycles. The number of hydrogen-bond donors (Lipinski definition) is 1. The fourth-order valence-electron chi connectivity index (χ4n) is 1.59. The summed E-state index contributed by atoms with van der Waals surface area (Å²) in [4.78, 5) is 12.9. The second-order valence-corrected chi connectivity index (χ2v) is 3.46. The fraction of sp³-hybridized carbons (Fsp3) is 0.400. The predicted molar refractivity (Wildman–Crippen MR) is 52.5 cm³/mol. The predicted octanol–water partition coefficient (Wildman–Crippen LogP) is 1.13. The molecule has 5 nitrogen and oxygen atoms in total. The van der Waals surface area contributed by atoms with Crippen LogP contribution in [0.1, 0.15) is 22.5 Å². The highest BCUT2D eigenvalue weighted by atomic mass is 16.5. The maximum atomic E-state index is 10.8. The summed E-state index contributed by atoms with van der Waals surface area (Å²) in [5.74, 6) is -0.559. The zero-order valence-corrected chi connectivity index (χ0v) is 8.22. The highest BCUT2D eigenvalue weighted by molar-refractivity contribution is 5.88. The molecule has 0 aromatic carbocycles. The van der Waals surface area contributed by atoms with Gasteiger partial charge in [0.2, 0.25) is 0 Å². The highest BCUT2D eigenvalue weighted by Gasteiger charge is 2.17. The SMILES string of the molecule is O=C(O)c1cnoc1CN1CC=CCC1. The maximum absolute atomic E-state index is 10.8. The van der Waals surface area contributed by atoms with E-state index in [1.807, 2.05) is 0 Å². The Morgan fingerprint density at radius 1 is 1.60 bits per heavy atom. The largest absolute Gasteiger partial charge is 0.478 e. The number of aromatic nitrogens is 1. The summed E-state index contributed by atoms with van der Waals surface area (Å²) in [7, 11) is 0. The third-order valence-electron chi connectivity index (χ3n) is 2.38. The molecule has 1 aromatic rings. The molecule has 0 atom stereocenters. The molecule has 0 radical (unpaired) electrons. The monoisotopic (exact) mass is 208 g/mol. The van der Waals surface area contributed by atoms with Crippen LogP contribution in [-0.2, 0) is 6.54 Å². The van der Waals surface area contributed by atoms with Crippen LogP contribution in [0.15, 0.2) is 22.9 Å². The number of nitrogens with zero attached hydrogens (tertiary/aromatic N) is 2. The maximum Gasteiger partial charge on any atom is 0.341 e. The van der Waals surface area contributed by atoms with Gasteiger partial charge in [-0.2, -0.15) is 0 Å². The molecule has 0 saturated heterocycles. The Hall–Kier alpha value is -1.62. The lowest BCUT2D eigenvalue weighted by Gasteiger charge is -2.21. The quantitative estimate of drug-likeness (QED) is 0.754. The molecule has 1 aliphatic heterocycles. The Morgan fingerprint density at radius 3 is 3.13 bits per heavy atom. The first-order valence-corrected chi connectivity index (χ1v) is 4.81. The van der Waals surface area contributed by atoms with Gasteiger partial charge < -0.3 is 9.63 Å². The lowest BCUT2D eigenvalue weighted by Crippen LogP contribution is -2.27. The van der Waals surface area contributed by atoms with Crippen molar-refractivity contribution in [3.63, 3.8) is 0 Å². The van der Waals surface area contributed by atoms with Crippen molar-refractivity contribution < 1.29 is 14.4 Å². The Balaban J connectivity index is 2.06. The summed E-state index contributed by atoms with van der Waals surface area (Å²) < 4.78 is 4.93. The van der Waals surface area contributed by atoms with Crippen LogP contribution in [-0.4, -0.2) is 34.2 Å². The molecule has 0 amide bonds. The summed E-state index contributed by atoms with van der Waals surface area (Å²) in [6, 6.07) is 0. The molecule has 0 bridgehead atoms. The first-order valence-electron chi connectivity index (χ1n) is 4.81. The molecule has 0 fully saturated rings. The standard InChI is InChI=1S/C10H12N2O3/c13-10(14)8-6-11-15-9(8)7-12-4-2-1-3-5-12/h1-2,6H,3-5,7H2,(H,13,14). The molecule has 80 valence electrons. The fourth-order valence-corrected chi connectivity index (χ4v) is 1.59. The van der Waals surface area contributed by atoms with Crippen molar-refractivity contribution in [2.75, 3.05) is 13.1 Å². The minimum Gasteiger partial charge on any atom is -0.478 e. The molecular weight excluding hydrogens is 196 g/mol. The summed E-state index contributed by atoms with van der Waals surface area (Å²) in [5.41, 5.74) is 0.157. The zero-order valence-electron chi connectivity index (χ0n) is 8.22. The first-order chi connectivity index (χ1) is 7.27. The van der Waals surface area contributed by atoms with Gasteiger partial charge in [0.25, 0.3) is 0 Å². The van der Waals surface area contributed by atoms with Gasteiger partial charge in [-0.15, -0.1) is 0 Å². The summed E-state index contributed by atoms with van der Waals surface area (Å²) >= 11 is 0. The van der Waals surface area contributed by atoms with Crippen molar-refractivity contribution in [1.82, 2.24) is 10.1 Å². The van der Waals surface area contributed by atoms with Crippen LogP contribution in [0.4, 0.5) is 0 Å². The molecule has 1 N–H and O–H groups in total. The zero-order chi connectivity index (χ0) is 10.7. The second-order valence-electron chi connectivity index (χ2n) is 3.46. The molecule has 2 rings (SSSR count). The molecule has 1 aromatic heterocycles. The van der Waals surface area contributed by atoms with Gasteiger partial charge in [-0.05, 0) is 6.42 Å². The van der Waals surface area contributed by atoms with Crippen LogP contribution in [0.2, 0.25) is 0 Å². The smallest absolute Gasteiger partial charge is 0.341 e. The number of hydrogen-bond acceptors (Lipinski definition) is 4. The molecule has 1 aliphatic rings. The van der Waals surface area contributed by atoms with Gasteiger partial charge in [0.15, 0.2) is 5.76 Å². The van der Waals surface area contributed by atoms with Crippen LogP contribution in [0.3, 0.4) is 0 Å². The molecule has 15 heavy (non-hydrogen) atoms. The Labute approximate surface area is 87.0 Å². The van der Waals surface area contributed by atoms with Gasteiger partial charge in [-0.1, -0.05) is 17.3 Å². The van der Waals surface area contributed by atoms with Crippen LogP contribution in [0.25, 0.3) is 0 Å². The van der Waals surface area contributed by atoms with E-state index < -0.39 is 5.97 Å². The van der Waals surface area contributed by atoms with Gasteiger partial charge in [-0.25, -0.2) is 4.79 Å². The van der Waals surface area contributed by atoms with Crippen molar-refractivity contribution in [2.45, 2.75) is 13.0 Å². The number of aromatic carboxylic acids is 1. The van der Waals surface area contributed by atoms with Crippen molar-refractivity contribution in [3.8, 4) is 0 Å². The number of carboxylic acids is 1. The van der Waals surface area contributed by atoms with Gasteiger partial charge in [0, 0.05) is 13.1 Å². The van der Waals surface area contributed by atoms with Crippen LogP contribution in [0, 0.1) is 0 Å². The van der Waals surface area contributed by atoms with Gasteiger partial charge >= 0.3 is 5.97 Å². The molecule has 0 spiro atoms. The van der Waals surface area contributed by atoms with Gasteiger partial charge in [0.1, 0.15) is 5.56 Å². The number of carbonyl (C=O) groups is 1. The normalized spacial score (nSPS) is 16.8. The average molecular weight is 208 g/mol. The van der Waals surface area contributed by atoms with Crippen LogP contribution < -0.4 is 0 Å². The third-order valence-corrected chi connectivity index (χ3v) is 2.38. The van der Waals surface area contributed by atoms with Crippen LogP contribution in [0.5, 0.6) is 0 Å². The number of rotatable bonds is 3. The molecule has 0 saturated carbocycles. The molecule has 0 unspecified atom stereocenters. The second kappa shape index (κ2) is 4.27. The Kier molecular flexibility index (Phi) is 2.82. The van der Waals surface area contributed by atoms with E-state index in [1.54, 1.807) is 0 Å². The Morgan fingerprint density at radius 2 is 2.47 bits per heavy atom. The van der Waals surface area contributed by atoms with E-state index in [1.165, 1.54) is 6.20 Å². The third kappa shape index (κ3) is 2.24. The lowest BCUT2D eigenvalue weighted by atomic mass is 10.2. The molecule has 5 heteroatoms. The summed E-state index contributed by atoms with van der Waals surface area (Å²) in [5, 5.41) is 12.4.